The summed E-state index contributed by atoms with van der Waals surface area (Å²) in [5.41, 5.74) is 3.39. The Balaban J connectivity index is 2.29. The van der Waals surface area contributed by atoms with Crippen LogP contribution in [0.25, 0.3) is 0 Å². The van der Waals surface area contributed by atoms with Gasteiger partial charge >= 0.3 is 0 Å². The van der Waals surface area contributed by atoms with E-state index in [2.05, 4.69) is 23.6 Å². The average Bonchev–Trinajstić information content (AvgIpc) is 2.33. The van der Waals surface area contributed by atoms with Crippen LogP contribution in [-0.4, -0.2) is 32.7 Å². The Morgan fingerprint density at radius 2 is 2.11 bits per heavy atom. The molecule has 100 valence electrons. The maximum Gasteiger partial charge on any atom is 0.239 e. The smallest absolute Gasteiger partial charge is 0.239 e. The van der Waals surface area contributed by atoms with Gasteiger partial charge in [0.05, 0.1) is 6.54 Å². The van der Waals surface area contributed by atoms with Gasteiger partial charge in [0.15, 0.2) is 0 Å². The molecule has 0 fully saturated rings. The van der Waals surface area contributed by atoms with Crippen LogP contribution in [0.5, 0.6) is 0 Å². The van der Waals surface area contributed by atoms with Crippen LogP contribution in [0.3, 0.4) is 0 Å². The first kappa shape index (κ1) is 14.5. The molecule has 0 saturated carbocycles. The van der Waals surface area contributed by atoms with Crippen molar-refractivity contribution in [2.24, 2.45) is 0 Å². The van der Waals surface area contributed by atoms with Crippen molar-refractivity contribution < 1.29 is 9.53 Å². The molecule has 18 heavy (non-hydrogen) atoms. The van der Waals surface area contributed by atoms with Crippen molar-refractivity contribution in [2.45, 2.75) is 20.3 Å². The normalized spacial score (nSPS) is 10.2. The van der Waals surface area contributed by atoms with Crippen LogP contribution in [0, 0.1) is 13.8 Å². The summed E-state index contributed by atoms with van der Waals surface area (Å²) in [6, 6.07) is 6.13. The lowest BCUT2D eigenvalue weighted by atomic mass is 10.1. The number of aryl methyl sites for hydroxylation is 2. The van der Waals surface area contributed by atoms with Crippen molar-refractivity contribution in [2.75, 3.05) is 32.1 Å². The lowest BCUT2D eigenvalue weighted by molar-refractivity contribution is -0.119. The Morgan fingerprint density at radius 3 is 2.78 bits per heavy atom. The van der Waals surface area contributed by atoms with Crippen LogP contribution >= 0.6 is 0 Å². The number of carbonyl (C=O) groups is 1. The molecule has 0 aromatic heterocycles. The van der Waals surface area contributed by atoms with Crippen LogP contribution in [0.2, 0.25) is 0 Å². The topological polar surface area (TPSA) is 50.4 Å². The number of anilines is 1. The molecule has 0 aliphatic heterocycles. The molecule has 0 atom stereocenters. The molecule has 0 radical (unpaired) electrons. The summed E-state index contributed by atoms with van der Waals surface area (Å²) >= 11 is 0. The average molecular weight is 250 g/mol. The zero-order valence-electron chi connectivity index (χ0n) is 11.4. The largest absolute Gasteiger partial charge is 0.385 e. The summed E-state index contributed by atoms with van der Waals surface area (Å²) in [4.78, 5) is 11.5. The summed E-state index contributed by atoms with van der Waals surface area (Å²) in [6.45, 7) is 5.72. The van der Waals surface area contributed by atoms with E-state index in [4.69, 9.17) is 4.74 Å². The van der Waals surface area contributed by atoms with Crippen LogP contribution in [0.4, 0.5) is 5.69 Å². The first-order chi connectivity index (χ1) is 8.63. The van der Waals surface area contributed by atoms with Crippen molar-refractivity contribution in [3.05, 3.63) is 29.3 Å². The second kappa shape index (κ2) is 7.71. The fourth-order valence-electron chi connectivity index (χ4n) is 1.69. The second-order valence-electron chi connectivity index (χ2n) is 4.37. The first-order valence-corrected chi connectivity index (χ1v) is 6.20. The Hall–Kier alpha value is -1.55. The number of ether oxygens (including phenoxy) is 1. The zero-order chi connectivity index (χ0) is 13.4. The molecular formula is C14H22N2O2. The maximum absolute atomic E-state index is 11.5. The predicted octanol–water partition coefficient (Wildman–Crippen LogP) is 1.87. The molecule has 0 heterocycles. The summed E-state index contributed by atoms with van der Waals surface area (Å²) < 4.78 is 4.91. The Labute approximate surface area is 109 Å². The molecule has 0 unspecified atom stereocenters. The van der Waals surface area contributed by atoms with Gasteiger partial charge in [0.25, 0.3) is 0 Å². The molecule has 1 aromatic rings. The van der Waals surface area contributed by atoms with Crippen LogP contribution in [0.15, 0.2) is 18.2 Å². The van der Waals surface area contributed by atoms with Gasteiger partial charge < -0.3 is 15.4 Å². The zero-order valence-corrected chi connectivity index (χ0v) is 11.4. The number of benzene rings is 1. The minimum Gasteiger partial charge on any atom is -0.385 e. The summed E-state index contributed by atoms with van der Waals surface area (Å²) in [5, 5.41) is 5.97. The molecule has 0 saturated heterocycles. The fourth-order valence-corrected chi connectivity index (χ4v) is 1.69. The highest BCUT2D eigenvalue weighted by Gasteiger charge is 2.02. The quantitative estimate of drug-likeness (QED) is 0.726. The number of hydrogen-bond acceptors (Lipinski definition) is 3. The summed E-state index contributed by atoms with van der Waals surface area (Å²) in [6.07, 6.45) is 0.839. The van der Waals surface area contributed by atoms with Gasteiger partial charge in [-0.3, -0.25) is 4.79 Å². The molecule has 1 amide bonds. The highest BCUT2D eigenvalue weighted by atomic mass is 16.5. The number of nitrogens with one attached hydrogen (secondary N) is 2. The molecule has 0 bridgehead atoms. The summed E-state index contributed by atoms with van der Waals surface area (Å²) in [7, 11) is 1.66. The van der Waals surface area contributed by atoms with Gasteiger partial charge in [-0.2, -0.15) is 0 Å². The third kappa shape index (κ3) is 5.19. The Bertz CT molecular complexity index is 391. The minimum absolute atomic E-state index is 0.00563. The van der Waals surface area contributed by atoms with E-state index in [0.717, 1.165) is 17.7 Å². The van der Waals surface area contributed by atoms with Gasteiger partial charge in [0, 0.05) is 25.9 Å². The molecule has 4 nitrogen and oxygen atoms in total. The van der Waals surface area contributed by atoms with E-state index in [9.17, 15) is 4.79 Å². The molecule has 1 aromatic carbocycles. The van der Waals surface area contributed by atoms with E-state index >= 15 is 0 Å². The van der Waals surface area contributed by atoms with Crippen LogP contribution < -0.4 is 10.6 Å². The van der Waals surface area contributed by atoms with Crippen molar-refractivity contribution in [3.8, 4) is 0 Å². The standard InChI is InChI=1S/C14H22N2O2/c1-11-5-6-13(12(2)9-11)16-10-14(17)15-7-4-8-18-3/h5-6,9,16H,4,7-8,10H2,1-3H3,(H,15,17). The summed E-state index contributed by atoms with van der Waals surface area (Å²) in [5.74, 6) is 0.00563. The van der Waals surface area contributed by atoms with Gasteiger partial charge in [-0.15, -0.1) is 0 Å². The lowest BCUT2D eigenvalue weighted by Crippen LogP contribution is -2.31. The SMILES string of the molecule is COCCCNC(=O)CNc1ccc(C)cc1C. The Kier molecular flexibility index (Phi) is 6.22. The van der Waals surface area contributed by atoms with E-state index < -0.39 is 0 Å². The van der Waals surface area contributed by atoms with E-state index in [1.165, 1.54) is 5.56 Å². The number of hydrogen-bond donors (Lipinski definition) is 2. The van der Waals surface area contributed by atoms with Gasteiger partial charge in [-0.05, 0) is 31.9 Å². The monoisotopic (exact) mass is 250 g/mol. The Morgan fingerprint density at radius 1 is 1.33 bits per heavy atom. The van der Waals surface area contributed by atoms with Gasteiger partial charge in [-0.1, -0.05) is 17.7 Å². The van der Waals surface area contributed by atoms with Crippen molar-refractivity contribution in [3.63, 3.8) is 0 Å². The molecule has 0 aliphatic carbocycles. The molecular weight excluding hydrogens is 228 g/mol. The lowest BCUT2D eigenvalue weighted by Gasteiger charge is -2.10. The van der Waals surface area contributed by atoms with Crippen molar-refractivity contribution >= 4 is 11.6 Å². The van der Waals surface area contributed by atoms with E-state index in [-0.39, 0.29) is 5.91 Å². The molecule has 4 heteroatoms. The van der Waals surface area contributed by atoms with Crippen LogP contribution in [-0.2, 0) is 9.53 Å². The molecule has 2 N–H and O–H groups in total. The minimum atomic E-state index is 0.00563. The number of methoxy groups -OCH3 is 1. The van der Waals surface area contributed by atoms with Gasteiger partial charge in [0.1, 0.15) is 0 Å². The third-order valence-corrected chi connectivity index (χ3v) is 2.67. The van der Waals surface area contributed by atoms with Crippen molar-refractivity contribution in [1.82, 2.24) is 5.32 Å². The van der Waals surface area contributed by atoms with E-state index in [0.29, 0.717) is 19.7 Å². The highest BCUT2D eigenvalue weighted by molar-refractivity contribution is 5.80. The van der Waals surface area contributed by atoms with E-state index in [1.807, 2.05) is 19.1 Å². The maximum atomic E-state index is 11.5. The number of rotatable bonds is 7. The highest BCUT2D eigenvalue weighted by Crippen LogP contribution is 2.15. The second-order valence-corrected chi connectivity index (χ2v) is 4.37. The molecule has 1 rings (SSSR count). The first-order valence-electron chi connectivity index (χ1n) is 6.20. The third-order valence-electron chi connectivity index (χ3n) is 2.67. The predicted molar refractivity (Wildman–Crippen MR) is 73.9 cm³/mol. The van der Waals surface area contributed by atoms with Crippen molar-refractivity contribution in [1.29, 1.82) is 0 Å². The van der Waals surface area contributed by atoms with Gasteiger partial charge in [-0.25, -0.2) is 0 Å². The molecule has 0 spiro atoms. The van der Waals surface area contributed by atoms with Gasteiger partial charge in [0.2, 0.25) is 5.91 Å². The molecule has 0 aliphatic rings. The number of amides is 1. The van der Waals surface area contributed by atoms with E-state index in [1.54, 1.807) is 7.11 Å². The fraction of sp³-hybridized carbons (Fsp3) is 0.500. The van der Waals surface area contributed by atoms with Crippen LogP contribution in [0.1, 0.15) is 17.5 Å². The number of carbonyl (C=O) groups excluding carboxylic acids is 1.